The Hall–Kier alpha value is -1.81. The number of benzene rings is 3. The molecule has 3 aromatic rings. The van der Waals surface area contributed by atoms with Crippen LogP contribution in [0.25, 0.3) is 10.8 Å². The molecule has 1 unspecified atom stereocenters. The lowest BCUT2D eigenvalue weighted by Gasteiger charge is -2.15. The summed E-state index contributed by atoms with van der Waals surface area (Å²) in [5.74, 6) is -1.63. The first-order valence-corrected chi connectivity index (χ1v) is 7.26. The van der Waals surface area contributed by atoms with E-state index in [-0.39, 0.29) is 11.4 Å². The zero-order chi connectivity index (χ0) is 15.0. The molecular weight excluding hydrogens is 341 g/mol. The quantitative estimate of drug-likeness (QED) is 0.517. The molecule has 0 N–H and O–H groups in total. The van der Waals surface area contributed by atoms with E-state index in [0.717, 1.165) is 0 Å². The fourth-order valence-electron chi connectivity index (χ4n) is 2.41. The molecule has 0 saturated carbocycles. The summed E-state index contributed by atoms with van der Waals surface area (Å²) in [7, 11) is 0. The molecule has 0 amide bonds. The second-order valence-electron chi connectivity index (χ2n) is 4.68. The van der Waals surface area contributed by atoms with Crippen molar-refractivity contribution in [3.8, 4) is 0 Å². The van der Waals surface area contributed by atoms with Gasteiger partial charge in [-0.3, -0.25) is 0 Å². The average Bonchev–Trinajstić information content (AvgIpc) is 2.47. The fraction of sp³-hybridized carbons (Fsp3) is 0.0588. The van der Waals surface area contributed by atoms with E-state index in [2.05, 4.69) is 15.9 Å². The lowest BCUT2D eigenvalue weighted by Crippen LogP contribution is -2.01. The van der Waals surface area contributed by atoms with Crippen molar-refractivity contribution >= 4 is 26.7 Å². The van der Waals surface area contributed by atoms with Gasteiger partial charge in [-0.15, -0.1) is 0 Å². The number of fused-ring (bicyclic) bond motifs is 1. The van der Waals surface area contributed by atoms with E-state index in [4.69, 9.17) is 0 Å². The van der Waals surface area contributed by atoms with E-state index >= 15 is 0 Å². The molecule has 0 nitrogen and oxygen atoms in total. The Labute approximate surface area is 128 Å². The van der Waals surface area contributed by atoms with Gasteiger partial charge in [-0.2, -0.15) is 0 Å². The van der Waals surface area contributed by atoms with Crippen molar-refractivity contribution in [2.24, 2.45) is 0 Å². The van der Waals surface area contributed by atoms with Crippen LogP contribution in [-0.2, 0) is 0 Å². The SMILES string of the molecule is Fc1cccc(F)c1C(Br)c1ccc(F)c2ccccc12. The molecule has 0 aromatic heterocycles. The highest BCUT2D eigenvalue weighted by Gasteiger charge is 2.21. The smallest absolute Gasteiger partial charge is 0.131 e. The van der Waals surface area contributed by atoms with Gasteiger partial charge < -0.3 is 0 Å². The Morgan fingerprint density at radius 1 is 0.667 bits per heavy atom. The first-order valence-electron chi connectivity index (χ1n) is 6.34. The van der Waals surface area contributed by atoms with Crippen LogP contribution in [0.4, 0.5) is 13.2 Å². The minimum atomic E-state index is -0.691. The highest BCUT2D eigenvalue weighted by atomic mass is 79.9. The van der Waals surface area contributed by atoms with Crippen LogP contribution in [0.1, 0.15) is 16.0 Å². The summed E-state index contributed by atoms with van der Waals surface area (Å²) in [4.78, 5) is -0.691. The van der Waals surface area contributed by atoms with E-state index in [1.54, 1.807) is 30.3 Å². The molecule has 3 aromatic carbocycles. The Morgan fingerprint density at radius 2 is 1.29 bits per heavy atom. The van der Waals surface area contributed by atoms with Crippen molar-refractivity contribution in [3.05, 3.63) is 83.2 Å². The van der Waals surface area contributed by atoms with Crippen LogP contribution in [0, 0.1) is 17.5 Å². The first-order chi connectivity index (χ1) is 10.1. The Bertz CT molecular complexity index is 794. The maximum atomic E-state index is 13.9. The van der Waals surface area contributed by atoms with E-state index in [1.807, 2.05) is 0 Å². The largest absolute Gasteiger partial charge is 0.207 e. The minimum Gasteiger partial charge on any atom is -0.207 e. The van der Waals surface area contributed by atoms with E-state index in [0.29, 0.717) is 16.3 Å². The zero-order valence-corrected chi connectivity index (χ0v) is 12.4. The molecule has 21 heavy (non-hydrogen) atoms. The third kappa shape index (κ3) is 2.44. The Morgan fingerprint density at radius 3 is 1.95 bits per heavy atom. The first kappa shape index (κ1) is 14.1. The Balaban J connectivity index is 2.23. The number of hydrogen-bond donors (Lipinski definition) is 0. The third-order valence-electron chi connectivity index (χ3n) is 3.43. The summed E-state index contributed by atoms with van der Waals surface area (Å²) in [5, 5.41) is 1.05. The predicted octanol–water partition coefficient (Wildman–Crippen LogP) is 5.74. The summed E-state index contributed by atoms with van der Waals surface area (Å²) >= 11 is 3.34. The van der Waals surface area contributed by atoms with E-state index in [1.165, 1.54) is 24.3 Å². The molecule has 4 heteroatoms. The summed E-state index contributed by atoms with van der Waals surface area (Å²) in [6.45, 7) is 0. The van der Waals surface area contributed by atoms with Crippen molar-refractivity contribution in [1.29, 1.82) is 0 Å². The molecular formula is C17H10BrF3. The number of hydrogen-bond acceptors (Lipinski definition) is 0. The molecule has 0 fully saturated rings. The molecule has 0 aliphatic rings. The van der Waals surface area contributed by atoms with Crippen LogP contribution >= 0.6 is 15.9 Å². The van der Waals surface area contributed by atoms with Gasteiger partial charge in [0.05, 0.1) is 4.83 Å². The molecule has 106 valence electrons. The van der Waals surface area contributed by atoms with Gasteiger partial charge in [0.2, 0.25) is 0 Å². The normalized spacial score (nSPS) is 12.6. The van der Waals surface area contributed by atoms with Gasteiger partial charge in [0.1, 0.15) is 17.5 Å². The van der Waals surface area contributed by atoms with Crippen molar-refractivity contribution < 1.29 is 13.2 Å². The van der Waals surface area contributed by atoms with E-state index < -0.39 is 16.5 Å². The van der Waals surface area contributed by atoms with Gasteiger partial charge in [-0.1, -0.05) is 52.3 Å². The molecule has 0 radical (unpaired) electrons. The second kappa shape index (κ2) is 5.53. The molecule has 0 bridgehead atoms. The third-order valence-corrected chi connectivity index (χ3v) is 4.38. The lowest BCUT2D eigenvalue weighted by atomic mass is 9.97. The van der Waals surface area contributed by atoms with Crippen molar-refractivity contribution in [1.82, 2.24) is 0 Å². The van der Waals surface area contributed by atoms with Crippen LogP contribution in [0.3, 0.4) is 0 Å². The minimum absolute atomic E-state index is 0.0748. The lowest BCUT2D eigenvalue weighted by molar-refractivity contribution is 0.561. The number of alkyl halides is 1. The molecule has 1 atom stereocenters. The summed E-state index contributed by atoms with van der Waals surface area (Å²) in [5.41, 5.74) is 0.547. The number of halogens is 4. The van der Waals surface area contributed by atoms with Gasteiger partial charge >= 0.3 is 0 Å². The van der Waals surface area contributed by atoms with Gasteiger partial charge in [0.15, 0.2) is 0 Å². The molecule has 3 rings (SSSR count). The van der Waals surface area contributed by atoms with Crippen molar-refractivity contribution in [2.45, 2.75) is 4.83 Å². The second-order valence-corrected chi connectivity index (χ2v) is 5.60. The van der Waals surface area contributed by atoms with Crippen LogP contribution in [0.2, 0.25) is 0 Å². The number of rotatable bonds is 2. The summed E-state index contributed by atoms with van der Waals surface area (Å²) in [6, 6.07) is 13.5. The summed E-state index contributed by atoms with van der Waals surface area (Å²) < 4.78 is 41.7. The fourth-order valence-corrected chi connectivity index (χ4v) is 3.25. The van der Waals surface area contributed by atoms with Crippen molar-refractivity contribution in [3.63, 3.8) is 0 Å². The standard InChI is InChI=1S/C17H10BrF3/c18-17(16-14(20)6-3-7-15(16)21)12-8-9-13(19)11-5-2-1-4-10(11)12/h1-9,17H. The molecule has 0 spiro atoms. The van der Waals surface area contributed by atoms with Crippen LogP contribution in [0.5, 0.6) is 0 Å². The highest BCUT2D eigenvalue weighted by molar-refractivity contribution is 9.09. The van der Waals surface area contributed by atoms with Gasteiger partial charge in [-0.05, 0) is 29.1 Å². The van der Waals surface area contributed by atoms with Crippen LogP contribution in [0.15, 0.2) is 54.6 Å². The molecule has 0 heterocycles. The van der Waals surface area contributed by atoms with Gasteiger partial charge in [0.25, 0.3) is 0 Å². The van der Waals surface area contributed by atoms with Crippen LogP contribution < -0.4 is 0 Å². The Kier molecular flexibility index (Phi) is 3.72. The topological polar surface area (TPSA) is 0 Å². The molecule has 0 aliphatic carbocycles. The molecule has 0 aliphatic heterocycles. The summed E-state index contributed by atoms with van der Waals surface area (Å²) in [6.07, 6.45) is 0. The van der Waals surface area contributed by atoms with E-state index in [9.17, 15) is 13.2 Å². The predicted molar refractivity (Wildman–Crippen MR) is 81.0 cm³/mol. The van der Waals surface area contributed by atoms with Gasteiger partial charge in [-0.25, -0.2) is 13.2 Å². The maximum Gasteiger partial charge on any atom is 0.131 e. The highest BCUT2D eigenvalue weighted by Crippen LogP contribution is 2.38. The molecule has 0 saturated heterocycles. The maximum absolute atomic E-state index is 13.9. The monoisotopic (exact) mass is 350 g/mol. The van der Waals surface area contributed by atoms with Crippen molar-refractivity contribution in [2.75, 3.05) is 0 Å². The zero-order valence-electron chi connectivity index (χ0n) is 10.8. The van der Waals surface area contributed by atoms with Gasteiger partial charge in [0, 0.05) is 10.9 Å². The average molecular weight is 351 g/mol. The van der Waals surface area contributed by atoms with Crippen LogP contribution in [-0.4, -0.2) is 0 Å².